The van der Waals surface area contributed by atoms with Crippen molar-refractivity contribution in [3.63, 3.8) is 0 Å². The van der Waals surface area contributed by atoms with Crippen molar-refractivity contribution < 1.29 is 4.39 Å². The first-order valence-electron chi connectivity index (χ1n) is 15.7. The molecule has 1 fully saturated rings. The molecule has 238 valence electrons. The number of nitrogens with one attached hydrogen (secondary N) is 4. The molecular formula is C37H42FN7S. The van der Waals surface area contributed by atoms with Crippen LogP contribution in [0.1, 0.15) is 43.9 Å². The van der Waals surface area contributed by atoms with Crippen molar-refractivity contribution in [3.8, 4) is 22.5 Å². The molecule has 9 heteroatoms. The third-order valence-corrected chi connectivity index (χ3v) is 9.39. The molecule has 0 saturated heterocycles. The Bertz CT molecular complexity index is 2060. The number of fused-ring (bicyclic) bond motifs is 2. The van der Waals surface area contributed by atoms with Gasteiger partial charge in [-0.2, -0.15) is 14.5 Å². The number of H-pyrrole nitrogens is 2. The molecule has 1 aliphatic carbocycles. The van der Waals surface area contributed by atoms with Crippen LogP contribution >= 0.6 is 9.39 Å². The van der Waals surface area contributed by atoms with Crippen LogP contribution in [-0.2, 0) is 6.54 Å². The minimum absolute atomic E-state index is 0.306. The van der Waals surface area contributed by atoms with E-state index in [4.69, 9.17) is 4.98 Å². The summed E-state index contributed by atoms with van der Waals surface area (Å²) in [7, 11) is -1.43. The largest absolute Gasteiger partial charge is 0.352 e. The number of hydrogen-bond donors (Lipinski definition) is 4. The number of halogens is 1. The Hall–Kier alpha value is -4.31. The van der Waals surface area contributed by atoms with Crippen LogP contribution in [0.25, 0.3) is 50.0 Å². The van der Waals surface area contributed by atoms with E-state index in [1.807, 2.05) is 43.5 Å². The van der Waals surface area contributed by atoms with Crippen molar-refractivity contribution in [2.45, 2.75) is 39.2 Å². The Morgan fingerprint density at radius 2 is 1.93 bits per heavy atom. The van der Waals surface area contributed by atoms with E-state index < -0.39 is 9.39 Å². The van der Waals surface area contributed by atoms with Crippen LogP contribution in [0.15, 0.2) is 79.2 Å². The molecule has 46 heavy (non-hydrogen) atoms. The monoisotopic (exact) mass is 635 g/mol. The van der Waals surface area contributed by atoms with E-state index in [9.17, 15) is 4.39 Å². The lowest BCUT2D eigenvalue weighted by Crippen LogP contribution is -2.23. The fraction of sp³-hybridized carbons (Fsp3) is 0.270. The van der Waals surface area contributed by atoms with Gasteiger partial charge in [-0.05, 0) is 103 Å². The fourth-order valence-electron chi connectivity index (χ4n) is 6.14. The van der Waals surface area contributed by atoms with Gasteiger partial charge >= 0.3 is 0 Å². The lowest BCUT2D eigenvalue weighted by Gasteiger charge is -2.12. The number of aromatic nitrogens is 5. The van der Waals surface area contributed by atoms with Gasteiger partial charge in [0.05, 0.1) is 28.6 Å². The van der Waals surface area contributed by atoms with E-state index >= 15 is 0 Å². The number of allylic oxidation sites excluding steroid dienone is 3. The van der Waals surface area contributed by atoms with Crippen molar-refractivity contribution in [3.05, 3.63) is 96.2 Å². The zero-order valence-corrected chi connectivity index (χ0v) is 27.4. The molecule has 1 aromatic carbocycles. The van der Waals surface area contributed by atoms with Gasteiger partial charge in [0.15, 0.2) is 0 Å². The van der Waals surface area contributed by atoms with Gasteiger partial charge in [-0.15, -0.1) is 0 Å². The molecule has 4 aromatic heterocycles. The summed E-state index contributed by atoms with van der Waals surface area (Å²) in [5.41, 5.74) is 9.33. The van der Waals surface area contributed by atoms with Gasteiger partial charge in [0.25, 0.3) is 0 Å². The molecule has 1 aliphatic rings. The zero-order valence-electron chi connectivity index (χ0n) is 26.6. The molecule has 4 N–H and O–H groups in total. The molecule has 0 aliphatic heterocycles. The van der Waals surface area contributed by atoms with E-state index in [1.54, 1.807) is 18.5 Å². The van der Waals surface area contributed by atoms with Crippen LogP contribution in [0, 0.1) is 11.7 Å². The van der Waals surface area contributed by atoms with Crippen molar-refractivity contribution in [1.29, 1.82) is 0 Å². The summed E-state index contributed by atoms with van der Waals surface area (Å²) in [4.78, 5) is 13.0. The number of rotatable bonds is 12. The minimum atomic E-state index is -1.43. The second-order valence-electron chi connectivity index (χ2n) is 12.4. The summed E-state index contributed by atoms with van der Waals surface area (Å²) in [5, 5.41) is 12.3. The van der Waals surface area contributed by atoms with Gasteiger partial charge in [0.2, 0.25) is 0 Å². The van der Waals surface area contributed by atoms with Gasteiger partial charge in [-0.25, -0.2) is 9.37 Å². The molecule has 4 heterocycles. The fourth-order valence-corrected chi connectivity index (χ4v) is 6.66. The molecule has 0 bridgehead atoms. The molecule has 5 aromatic rings. The van der Waals surface area contributed by atoms with Crippen molar-refractivity contribution in [2.24, 2.45) is 5.92 Å². The molecule has 0 amide bonds. The Labute approximate surface area is 270 Å². The summed E-state index contributed by atoms with van der Waals surface area (Å²) in [6, 6.07) is 11.1. The van der Waals surface area contributed by atoms with Gasteiger partial charge in [0, 0.05) is 30.2 Å². The predicted molar refractivity (Wildman–Crippen MR) is 196 cm³/mol. The van der Waals surface area contributed by atoms with Crippen molar-refractivity contribution in [1.82, 2.24) is 35.2 Å². The first-order chi connectivity index (χ1) is 22.2. The highest BCUT2D eigenvalue weighted by Gasteiger charge is 2.17. The van der Waals surface area contributed by atoms with Crippen LogP contribution in [0.3, 0.4) is 0 Å². The minimum Gasteiger partial charge on any atom is -0.352 e. The molecule has 0 unspecified atom stereocenters. The zero-order chi connectivity index (χ0) is 32.3. The highest BCUT2D eigenvalue weighted by molar-refractivity contribution is 8.25. The van der Waals surface area contributed by atoms with Gasteiger partial charge in [-0.3, -0.25) is 14.8 Å². The normalized spacial score (nSPS) is 14.9. The van der Waals surface area contributed by atoms with E-state index in [0.29, 0.717) is 12.2 Å². The first-order valence-corrected chi connectivity index (χ1v) is 18.1. The maximum atomic E-state index is 14.8. The highest BCUT2D eigenvalue weighted by Crippen LogP contribution is 2.34. The second-order valence-corrected chi connectivity index (χ2v) is 15.2. The molecule has 1 saturated carbocycles. The lowest BCUT2D eigenvalue weighted by atomic mass is 10.0. The molecule has 0 atom stereocenters. The van der Waals surface area contributed by atoms with Gasteiger partial charge < -0.3 is 10.3 Å². The third-order valence-electron chi connectivity index (χ3n) is 8.55. The second kappa shape index (κ2) is 13.6. The molecule has 0 spiro atoms. The van der Waals surface area contributed by atoms with E-state index in [-0.39, 0.29) is 5.82 Å². The third kappa shape index (κ3) is 7.22. The molecular weight excluding hydrogens is 594 g/mol. The van der Waals surface area contributed by atoms with Crippen LogP contribution in [0.5, 0.6) is 0 Å². The van der Waals surface area contributed by atoms with E-state index in [1.165, 1.54) is 31.7 Å². The summed E-state index contributed by atoms with van der Waals surface area (Å²) in [5.74, 6) is 8.61. The number of hydrogen-bond acceptors (Lipinski definition) is 5. The number of benzene rings is 1. The first kappa shape index (κ1) is 31.7. The lowest BCUT2D eigenvalue weighted by molar-refractivity contribution is 0.503. The predicted octanol–water partition coefficient (Wildman–Crippen LogP) is 7.91. The smallest absolute Gasteiger partial charge is 0.135 e. The summed E-state index contributed by atoms with van der Waals surface area (Å²) in [6.07, 6.45) is 17.0. The Kier molecular flexibility index (Phi) is 9.35. The van der Waals surface area contributed by atoms with E-state index in [0.717, 1.165) is 80.2 Å². The highest BCUT2D eigenvalue weighted by atomic mass is 32.2. The topological polar surface area (TPSA) is 94.3 Å². The molecule has 0 radical (unpaired) electrons. The van der Waals surface area contributed by atoms with Crippen LogP contribution < -0.4 is 10.0 Å². The summed E-state index contributed by atoms with van der Waals surface area (Å²) in [6.45, 7) is 8.39. The Morgan fingerprint density at radius 1 is 1.11 bits per heavy atom. The van der Waals surface area contributed by atoms with Crippen LogP contribution in [-0.4, -0.2) is 56.2 Å². The number of pyridine rings is 2. The van der Waals surface area contributed by atoms with Gasteiger partial charge in [-0.1, -0.05) is 43.3 Å². The Morgan fingerprint density at radius 3 is 2.70 bits per heavy atom. The standard InChI is InChI=1S/C37H42FN7S/c1-6-24(19-39-20-25-10-8-9-11-25)14-27(7-2)32-12-13-33-36(43-32)37(45-44-33)34-18-30-31(22-40-23-35(30)42-34)28-15-26(16-29(38)17-28)21-41-46(3,4)5/h6-7,12-18,22-23,25,39,41-42H,1,3-4,8-11,19-21H2,2,5H3,(H,44,45)/b24-14+,27-7+. The average molecular weight is 636 g/mol. The van der Waals surface area contributed by atoms with Gasteiger partial charge in [0.1, 0.15) is 17.0 Å². The number of nitrogens with zero attached hydrogens (tertiary/aromatic N) is 3. The maximum absolute atomic E-state index is 14.8. The summed E-state index contributed by atoms with van der Waals surface area (Å²) < 4.78 is 18.1. The van der Waals surface area contributed by atoms with Crippen molar-refractivity contribution in [2.75, 3.05) is 19.3 Å². The molecule has 7 nitrogen and oxygen atoms in total. The van der Waals surface area contributed by atoms with Crippen molar-refractivity contribution >= 4 is 48.6 Å². The molecule has 6 rings (SSSR count). The SMILES string of the molecule is C=C/C(=C\C(=C/C)c1ccc2[nH]nc(-c3cc4c(-c5cc(F)cc(CNS(=C)(=C)C)c5)cncc4[nH]3)c2n1)CNCC1CCCC1. The summed E-state index contributed by atoms with van der Waals surface area (Å²) >= 11 is 0. The average Bonchev–Trinajstić information content (AvgIpc) is 3.80. The number of aromatic amines is 2. The van der Waals surface area contributed by atoms with E-state index in [2.05, 4.69) is 60.7 Å². The quantitative estimate of drug-likeness (QED) is 0.0826. The van der Waals surface area contributed by atoms with Crippen LogP contribution in [0.4, 0.5) is 4.39 Å². The van der Waals surface area contributed by atoms with Crippen LogP contribution in [0.2, 0.25) is 0 Å². The Balaban J connectivity index is 1.30. The maximum Gasteiger partial charge on any atom is 0.135 e.